The van der Waals surface area contributed by atoms with Gasteiger partial charge in [-0.25, -0.2) is 0 Å². The summed E-state index contributed by atoms with van der Waals surface area (Å²) in [5.74, 6) is 0.430. The third kappa shape index (κ3) is 2.83. The first-order valence-corrected chi connectivity index (χ1v) is 6.58. The predicted molar refractivity (Wildman–Crippen MR) is 63.3 cm³/mol. The zero-order valence-corrected chi connectivity index (χ0v) is 10.2. The van der Waals surface area contributed by atoms with Crippen molar-refractivity contribution >= 4 is 5.78 Å². The van der Waals surface area contributed by atoms with Crippen molar-refractivity contribution in [2.24, 2.45) is 0 Å². The van der Waals surface area contributed by atoms with E-state index in [9.17, 15) is 9.90 Å². The topological polar surface area (TPSA) is 40.5 Å². The SMILES string of the molecule is CC1(O)CCN(C2CCCCCC2=O)CC1. The lowest BCUT2D eigenvalue weighted by Crippen LogP contribution is -2.49. The molecule has 0 aromatic carbocycles. The summed E-state index contributed by atoms with van der Waals surface area (Å²) in [5.41, 5.74) is -0.510. The van der Waals surface area contributed by atoms with E-state index in [2.05, 4.69) is 4.90 Å². The molecule has 92 valence electrons. The minimum absolute atomic E-state index is 0.151. The summed E-state index contributed by atoms with van der Waals surface area (Å²) in [7, 11) is 0. The number of Topliss-reactive ketones (excluding diaryl/α,β-unsaturated/α-hetero) is 1. The average Bonchev–Trinajstić information content (AvgIpc) is 2.44. The summed E-state index contributed by atoms with van der Waals surface area (Å²) in [5, 5.41) is 9.90. The Kier molecular flexibility index (Phi) is 3.65. The van der Waals surface area contributed by atoms with E-state index in [0.717, 1.165) is 45.2 Å². The molecule has 1 saturated carbocycles. The van der Waals surface area contributed by atoms with Gasteiger partial charge in [-0.15, -0.1) is 0 Å². The summed E-state index contributed by atoms with van der Waals surface area (Å²) in [6, 6.07) is 0.151. The van der Waals surface area contributed by atoms with Crippen molar-refractivity contribution in [1.29, 1.82) is 0 Å². The van der Waals surface area contributed by atoms with E-state index in [4.69, 9.17) is 0 Å². The van der Waals surface area contributed by atoms with Gasteiger partial charge in [0.05, 0.1) is 11.6 Å². The number of likely N-dealkylation sites (tertiary alicyclic amines) is 1. The van der Waals surface area contributed by atoms with E-state index in [-0.39, 0.29) is 6.04 Å². The van der Waals surface area contributed by atoms with Crippen molar-refractivity contribution in [3.63, 3.8) is 0 Å². The Morgan fingerprint density at radius 3 is 2.62 bits per heavy atom. The van der Waals surface area contributed by atoms with Gasteiger partial charge in [-0.3, -0.25) is 9.69 Å². The summed E-state index contributed by atoms with van der Waals surface area (Å²) in [6.45, 7) is 3.66. The van der Waals surface area contributed by atoms with Gasteiger partial charge in [0.15, 0.2) is 0 Å². The maximum absolute atomic E-state index is 12.0. The van der Waals surface area contributed by atoms with Crippen LogP contribution >= 0.6 is 0 Å². The van der Waals surface area contributed by atoms with Crippen molar-refractivity contribution in [3.8, 4) is 0 Å². The smallest absolute Gasteiger partial charge is 0.149 e. The molecule has 1 aliphatic carbocycles. The first-order chi connectivity index (χ1) is 7.58. The maximum Gasteiger partial charge on any atom is 0.149 e. The molecule has 0 bridgehead atoms. The van der Waals surface area contributed by atoms with Crippen molar-refractivity contribution in [3.05, 3.63) is 0 Å². The molecule has 3 nitrogen and oxygen atoms in total. The highest BCUT2D eigenvalue weighted by Gasteiger charge is 2.33. The second-order valence-electron chi connectivity index (χ2n) is 5.61. The minimum Gasteiger partial charge on any atom is -0.390 e. The van der Waals surface area contributed by atoms with E-state index < -0.39 is 5.60 Å². The van der Waals surface area contributed by atoms with Gasteiger partial charge in [0.2, 0.25) is 0 Å². The second-order valence-corrected chi connectivity index (χ2v) is 5.61. The van der Waals surface area contributed by atoms with Crippen LogP contribution in [0, 0.1) is 0 Å². The lowest BCUT2D eigenvalue weighted by atomic mass is 9.91. The number of aliphatic hydroxyl groups is 1. The number of carbonyl (C=O) groups is 1. The van der Waals surface area contributed by atoms with Crippen molar-refractivity contribution in [2.75, 3.05) is 13.1 Å². The van der Waals surface area contributed by atoms with E-state index in [1.165, 1.54) is 12.8 Å². The molecule has 1 aliphatic heterocycles. The molecule has 0 aromatic heterocycles. The van der Waals surface area contributed by atoms with Crippen LogP contribution in [0.4, 0.5) is 0 Å². The summed E-state index contributed by atoms with van der Waals surface area (Å²) >= 11 is 0. The van der Waals surface area contributed by atoms with Gasteiger partial charge >= 0.3 is 0 Å². The van der Waals surface area contributed by atoms with Crippen LogP contribution in [-0.2, 0) is 4.79 Å². The summed E-state index contributed by atoms with van der Waals surface area (Å²) in [4.78, 5) is 14.3. The van der Waals surface area contributed by atoms with Crippen molar-refractivity contribution in [2.45, 2.75) is 63.5 Å². The predicted octanol–water partition coefficient (Wildman–Crippen LogP) is 1.74. The average molecular weight is 225 g/mol. The lowest BCUT2D eigenvalue weighted by Gasteiger charge is -2.39. The molecule has 1 atom stereocenters. The Balaban J connectivity index is 1.94. The highest BCUT2D eigenvalue weighted by molar-refractivity contribution is 5.84. The number of nitrogens with zero attached hydrogens (tertiary/aromatic N) is 1. The summed E-state index contributed by atoms with van der Waals surface area (Å²) < 4.78 is 0. The zero-order valence-electron chi connectivity index (χ0n) is 10.2. The van der Waals surface area contributed by atoms with Crippen LogP contribution in [0.2, 0.25) is 0 Å². The highest BCUT2D eigenvalue weighted by Crippen LogP contribution is 2.26. The van der Waals surface area contributed by atoms with Crippen LogP contribution in [0.15, 0.2) is 0 Å². The number of hydrogen-bond acceptors (Lipinski definition) is 3. The zero-order chi connectivity index (χ0) is 11.6. The molecule has 2 aliphatic rings. The van der Waals surface area contributed by atoms with Crippen LogP contribution in [0.1, 0.15) is 51.9 Å². The second kappa shape index (κ2) is 4.84. The van der Waals surface area contributed by atoms with Gasteiger partial charge in [-0.1, -0.05) is 12.8 Å². The molecule has 0 spiro atoms. The Morgan fingerprint density at radius 2 is 1.94 bits per heavy atom. The molecule has 1 heterocycles. The van der Waals surface area contributed by atoms with Gasteiger partial charge in [-0.2, -0.15) is 0 Å². The Morgan fingerprint density at radius 1 is 1.25 bits per heavy atom. The molecule has 2 rings (SSSR count). The van der Waals surface area contributed by atoms with Gasteiger partial charge in [0.25, 0.3) is 0 Å². The van der Waals surface area contributed by atoms with Gasteiger partial charge < -0.3 is 5.11 Å². The number of hydrogen-bond donors (Lipinski definition) is 1. The number of piperidine rings is 1. The van der Waals surface area contributed by atoms with E-state index >= 15 is 0 Å². The molecule has 1 unspecified atom stereocenters. The largest absolute Gasteiger partial charge is 0.390 e. The van der Waals surface area contributed by atoms with Crippen molar-refractivity contribution < 1.29 is 9.90 Å². The van der Waals surface area contributed by atoms with Crippen molar-refractivity contribution in [1.82, 2.24) is 4.90 Å². The first kappa shape index (κ1) is 12.1. The molecular formula is C13H23NO2. The van der Waals surface area contributed by atoms with Crippen LogP contribution in [0.5, 0.6) is 0 Å². The molecule has 16 heavy (non-hydrogen) atoms. The standard InChI is InChI=1S/C13H23NO2/c1-13(16)7-9-14(10-8-13)11-5-3-2-4-6-12(11)15/h11,16H,2-10H2,1H3. The molecule has 0 amide bonds. The summed E-state index contributed by atoms with van der Waals surface area (Å²) in [6.07, 6.45) is 6.85. The third-order valence-electron chi connectivity index (χ3n) is 4.09. The normalized spacial score (nSPS) is 32.4. The maximum atomic E-state index is 12.0. The first-order valence-electron chi connectivity index (χ1n) is 6.58. The lowest BCUT2D eigenvalue weighted by molar-refractivity contribution is -0.126. The van der Waals surface area contributed by atoms with Crippen LogP contribution in [0.25, 0.3) is 0 Å². The van der Waals surface area contributed by atoms with E-state index in [1.54, 1.807) is 0 Å². The van der Waals surface area contributed by atoms with E-state index in [0.29, 0.717) is 5.78 Å². The van der Waals surface area contributed by atoms with Gasteiger partial charge in [0.1, 0.15) is 5.78 Å². The third-order valence-corrected chi connectivity index (χ3v) is 4.09. The fraction of sp³-hybridized carbons (Fsp3) is 0.923. The number of carbonyl (C=O) groups excluding carboxylic acids is 1. The van der Waals surface area contributed by atoms with Crippen LogP contribution in [0.3, 0.4) is 0 Å². The highest BCUT2D eigenvalue weighted by atomic mass is 16.3. The van der Waals surface area contributed by atoms with Gasteiger partial charge in [-0.05, 0) is 32.6 Å². The minimum atomic E-state index is -0.510. The van der Waals surface area contributed by atoms with Gasteiger partial charge in [0, 0.05) is 19.5 Å². The number of ketones is 1. The Hall–Kier alpha value is -0.410. The van der Waals surface area contributed by atoms with Crippen LogP contribution < -0.4 is 0 Å². The Labute approximate surface area is 97.8 Å². The molecular weight excluding hydrogens is 202 g/mol. The molecule has 0 aromatic rings. The Bertz CT molecular complexity index is 253. The van der Waals surface area contributed by atoms with Crippen LogP contribution in [-0.4, -0.2) is 40.5 Å². The molecule has 0 radical (unpaired) electrons. The monoisotopic (exact) mass is 225 g/mol. The number of rotatable bonds is 1. The quantitative estimate of drug-likeness (QED) is 0.691. The molecule has 2 fully saturated rings. The van der Waals surface area contributed by atoms with E-state index in [1.807, 2.05) is 6.92 Å². The molecule has 1 saturated heterocycles. The molecule has 1 N–H and O–H groups in total. The fourth-order valence-corrected chi connectivity index (χ4v) is 2.84. The molecule has 3 heteroatoms. The fourth-order valence-electron chi connectivity index (χ4n) is 2.84.